The van der Waals surface area contributed by atoms with Gasteiger partial charge in [-0.25, -0.2) is 0 Å². The molecule has 0 aromatic heterocycles. The van der Waals surface area contributed by atoms with Gasteiger partial charge in [-0.15, -0.1) is 6.58 Å². The van der Waals surface area contributed by atoms with Gasteiger partial charge in [-0.3, -0.25) is 4.79 Å². The van der Waals surface area contributed by atoms with E-state index in [-0.39, 0.29) is 6.42 Å². The molecule has 0 aromatic rings. The van der Waals surface area contributed by atoms with Crippen LogP contribution < -0.4 is 0 Å². The van der Waals surface area contributed by atoms with Crippen LogP contribution in [-0.4, -0.2) is 11.1 Å². The van der Waals surface area contributed by atoms with E-state index < -0.39 is 12.3 Å². The van der Waals surface area contributed by atoms with E-state index in [4.69, 9.17) is 7.85 Å². The van der Waals surface area contributed by atoms with Crippen LogP contribution in [0.1, 0.15) is 41.2 Å². The highest BCUT2D eigenvalue weighted by Gasteiger charge is 1.94. The van der Waals surface area contributed by atoms with Crippen LogP contribution >= 0.6 is 0 Å². The number of allylic oxidation sites excluding steroid dienone is 1. The third-order valence-corrected chi connectivity index (χ3v) is 1.28. The van der Waals surface area contributed by atoms with Crippen LogP contribution in [0.5, 0.6) is 0 Å². The average molecular weight is 158 g/mol. The van der Waals surface area contributed by atoms with Crippen molar-refractivity contribution in [2.45, 2.75) is 38.5 Å². The van der Waals surface area contributed by atoms with E-state index in [9.17, 15) is 4.79 Å². The molecule has 0 aliphatic rings. The average Bonchev–Trinajstić information content (AvgIpc) is 1.98. The van der Waals surface area contributed by atoms with Gasteiger partial charge in [-0.2, -0.15) is 0 Å². The molecule has 11 heavy (non-hydrogen) atoms. The van der Waals surface area contributed by atoms with E-state index in [1.165, 1.54) is 0 Å². The van der Waals surface area contributed by atoms with Gasteiger partial charge in [0, 0.05) is 9.16 Å². The largest absolute Gasteiger partial charge is 0.481 e. The van der Waals surface area contributed by atoms with Crippen LogP contribution in [0.3, 0.4) is 0 Å². The summed E-state index contributed by atoms with van der Waals surface area (Å²) in [5.41, 5.74) is 0. The number of rotatable bonds is 7. The first kappa shape index (κ1) is 6.89. The zero-order valence-electron chi connectivity index (χ0n) is 8.68. The van der Waals surface area contributed by atoms with Crippen molar-refractivity contribution < 1.29 is 12.6 Å². The molecule has 64 valence electrons. The van der Waals surface area contributed by atoms with Gasteiger partial charge in [0.25, 0.3) is 0 Å². The minimum absolute atomic E-state index is 0.129. The van der Waals surface area contributed by atoms with Gasteiger partial charge in [0.1, 0.15) is 0 Å². The summed E-state index contributed by atoms with van der Waals surface area (Å²) in [6.07, 6.45) is 2.37. The van der Waals surface area contributed by atoms with Crippen molar-refractivity contribution in [3.05, 3.63) is 12.7 Å². The lowest BCUT2D eigenvalue weighted by Gasteiger charge is -1.95. The monoisotopic (exact) mass is 158 g/mol. The van der Waals surface area contributed by atoms with Crippen molar-refractivity contribution in [1.82, 2.24) is 0 Å². The second-order valence-corrected chi connectivity index (χ2v) is 2.34. The fraction of sp³-hybridized carbons (Fsp3) is 0.667. The molecule has 0 saturated carbocycles. The second-order valence-electron chi connectivity index (χ2n) is 2.34. The van der Waals surface area contributed by atoms with Crippen LogP contribution in [0.25, 0.3) is 0 Å². The molecule has 2 heteroatoms. The molecule has 0 rings (SSSR count). The van der Waals surface area contributed by atoms with E-state index in [1.54, 1.807) is 6.08 Å². The Bertz CT molecular complexity index is 178. The number of carboxylic acid groups (broad SMARTS) is 1. The van der Waals surface area contributed by atoms with Crippen molar-refractivity contribution in [1.29, 1.82) is 0 Å². The number of carbonyl (C=O) groups is 1. The molecule has 0 bridgehead atoms. The van der Waals surface area contributed by atoms with Crippen molar-refractivity contribution >= 4 is 5.97 Å². The number of aliphatic carboxylic acids is 1. The Hall–Kier alpha value is -0.790. The lowest BCUT2D eigenvalue weighted by Crippen LogP contribution is -1.93. The lowest BCUT2D eigenvalue weighted by atomic mass is 10.1. The van der Waals surface area contributed by atoms with Crippen LogP contribution in [0.2, 0.25) is 0 Å². The summed E-state index contributed by atoms with van der Waals surface area (Å²) >= 11 is 0. The molecule has 0 aromatic carbocycles. The summed E-state index contributed by atoms with van der Waals surface area (Å²) in [6, 6.07) is 0. The van der Waals surface area contributed by atoms with E-state index >= 15 is 0 Å². The minimum atomic E-state index is -1.22. The molecule has 0 aliphatic heterocycles. The second kappa shape index (κ2) is 7.32. The zero-order chi connectivity index (χ0) is 10.3. The highest BCUT2D eigenvalue weighted by molar-refractivity contribution is 5.66. The summed E-state index contributed by atoms with van der Waals surface area (Å²) in [5.74, 6) is -0.815. The molecule has 0 unspecified atom stereocenters. The van der Waals surface area contributed by atoms with Gasteiger partial charge in [0.2, 0.25) is 0 Å². The molecule has 1 N–H and O–H groups in total. The molecule has 2 nitrogen and oxygen atoms in total. The first-order chi connectivity index (χ1) is 5.98. The van der Waals surface area contributed by atoms with Gasteiger partial charge in [0.15, 0.2) is 0 Å². The van der Waals surface area contributed by atoms with Crippen LogP contribution in [-0.2, 0) is 4.79 Å². The Morgan fingerprint density at radius 3 is 2.82 bits per heavy atom. The Morgan fingerprint density at radius 1 is 1.55 bits per heavy atom. The summed E-state index contributed by atoms with van der Waals surface area (Å²) in [4.78, 5) is 10.1. The van der Waals surface area contributed by atoms with Crippen LogP contribution in [0.15, 0.2) is 12.7 Å². The minimum Gasteiger partial charge on any atom is -0.481 e. The SMILES string of the molecule is [2H]C([2H])(CC=C)CCCCC(=O)O. The van der Waals surface area contributed by atoms with Crippen LogP contribution in [0, 0.1) is 0 Å². The predicted octanol–water partition coefficient (Wildman–Crippen LogP) is 2.60. The number of hydrogen-bond donors (Lipinski definition) is 1. The Balaban J connectivity index is 3.51. The third-order valence-electron chi connectivity index (χ3n) is 1.28. The highest BCUT2D eigenvalue weighted by atomic mass is 16.4. The summed E-state index contributed by atoms with van der Waals surface area (Å²) in [7, 11) is 0. The number of hydrogen-bond acceptors (Lipinski definition) is 1. The van der Waals surface area contributed by atoms with Gasteiger partial charge in [-0.1, -0.05) is 18.9 Å². The van der Waals surface area contributed by atoms with Crippen molar-refractivity contribution in [2.24, 2.45) is 0 Å². The fourth-order valence-electron chi connectivity index (χ4n) is 0.730. The maximum absolute atomic E-state index is 10.1. The third kappa shape index (κ3) is 9.21. The van der Waals surface area contributed by atoms with Crippen molar-refractivity contribution in [3.63, 3.8) is 0 Å². The van der Waals surface area contributed by atoms with E-state index in [2.05, 4.69) is 6.58 Å². The van der Waals surface area contributed by atoms with Gasteiger partial charge >= 0.3 is 5.97 Å². The Morgan fingerprint density at radius 2 is 2.27 bits per heavy atom. The summed E-state index contributed by atoms with van der Waals surface area (Å²) < 4.78 is 14.9. The molecule has 0 aliphatic carbocycles. The molecule has 0 radical (unpaired) electrons. The molecular formula is C9H16O2. The normalized spacial score (nSPS) is 13.5. The molecule has 0 fully saturated rings. The quantitative estimate of drug-likeness (QED) is 0.456. The lowest BCUT2D eigenvalue weighted by molar-refractivity contribution is -0.137. The molecular weight excluding hydrogens is 140 g/mol. The van der Waals surface area contributed by atoms with E-state index in [0.717, 1.165) is 0 Å². The van der Waals surface area contributed by atoms with Gasteiger partial charge < -0.3 is 5.11 Å². The molecule has 0 amide bonds. The Kier molecular flexibility index (Phi) is 4.59. The summed E-state index contributed by atoms with van der Waals surface area (Å²) in [5, 5.41) is 8.34. The first-order valence-electron chi connectivity index (χ1n) is 4.80. The van der Waals surface area contributed by atoms with E-state index in [1.807, 2.05) is 0 Å². The highest BCUT2D eigenvalue weighted by Crippen LogP contribution is 2.04. The molecule has 0 heterocycles. The smallest absolute Gasteiger partial charge is 0.303 e. The van der Waals surface area contributed by atoms with E-state index in [0.29, 0.717) is 25.7 Å². The van der Waals surface area contributed by atoms with Crippen molar-refractivity contribution in [3.8, 4) is 0 Å². The predicted molar refractivity (Wildman–Crippen MR) is 45.5 cm³/mol. The topological polar surface area (TPSA) is 37.3 Å². The standard InChI is InChI=1S/C9H16O2/c1-2-3-4-5-6-7-8-9(10)11/h2H,1,3-8H2,(H,10,11)/i4D2. The van der Waals surface area contributed by atoms with Crippen LogP contribution in [0.4, 0.5) is 0 Å². The summed E-state index contributed by atoms with van der Waals surface area (Å²) in [6.45, 7) is 3.47. The Labute approximate surface area is 70.7 Å². The molecule has 0 atom stereocenters. The number of carboxylic acids is 1. The van der Waals surface area contributed by atoms with Gasteiger partial charge in [-0.05, 0) is 19.2 Å². The zero-order valence-corrected chi connectivity index (χ0v) is 6.68. The molecule has 0 spiro atoms. The number of unbranched alkanes of at least 4 members (excludes halogenated alkanes) is 1. The molecule has 0 saturated heterocycles. The van der Waals surface area contributed by atoms with Gasteiger partial charge in [0.05, 0.1) is 0 Å². The fourth-order valence-corrected chi connectivity index (χ4v) is 0.730. The van der Waals surface area contributed by atoms with Crippen molar-refractivity contribution in [2.75, 3.05) is 0 Å². The maximum Gasteiger partial charge on any atom is 0.303 e. The first-order valence-corrected chi connectivity index (χ1v) is 3.80. The maximum atomic E-state index is 10.1.